The van der Waals surface area contributed by atoms with Gasteiger partial charge in [0.05, 0.1) is 15.9 Å². The summed E-state index contributed by atoms with van der Waals surface area (Å²) in [7, 11) is -3.63. The average molecular weight is 524 g/mol. The van der Waals surface area contributed by atoms with Crippen molar-refractivity contribution >= 4 is 32.8 Å². The first-order valence-corrected chi connectivity index (χ1v) is 14.5. The molecule has 1 unspecified atom stereocenters. The van der Waals surface area contributed by atoms with Crippen LogP contribution in [0.25, 0.3) is 11.0 Å². The number of halogens is 3. The minimum absolute atomic E-state index is 0.0569. The van der Waals surface area contributed by atoms with Crippen LogP contribution in [0.2, 0.25) is 0 Å². The summed E-state index contributed by atoms with van der Waals surface area (Å²) in [5.74, 6) is -3.48. The number of aromatic nitrogens is 2. The molecule has 35 heavy (non-hydrogen) atoms. The molecule has 2 fully saturated rings. The monoisotopic (exact) mass is 523 g/mol. The summed E-state index contributed by atoms with van der Waals surface area (Å²) in [6, 6.07) is 7.46. The van der Waals surface area contributed by atoms with Crippen molar-refractivity contribution in [2.75, 3.05) is 13.1 Å². The fourth-order valence-electron chi connectivity index (χ4n) is 5.17. The molecule has 1 saturated heterocycles. The first-order valence-electron chi connectivity index (χ1n) is 12.0. The van der Waals surface area contributed by atoms with Crippen LogP contribution in [0, 0.1) is 23.4 Å². The predicted molar refractivity (Wildman–Crippen MR) is 130 cm³/mol. The lowest BCUT2D eigenvalue weighted by Gasteiger charge is -2.30. The molecule has 3 aromatic rings. The number of hydrogen-bond donors (Lipinski definition) is 0. The van der Waals surface area contributed by atoms with E-state index in [4.69, 9.17) is 4.98 Å². The van der Waals surface area contributed by atoms with E-state index in [2.05, 4.69) is 11.5 Å². The molecule has 5 rings (SSSR count). The molecule has 2 heterocycles. The smallest absolute Gasteiger partial charge is 0.243 e. The zero-order valence-electron chi connectivity index (χ0n) is 19.5. The lowest BCUT2D eigenvalue weighted by Crippen LogP contribution is -2.39. The third-order valence-corrected chi connectivity index (χ3v) is 9.91. The number of hydrogen-bond acceptors (Lipinski definition) is 4. The molecule has 10 heteroatoms. The molecule has 0 N–H and O–H groups in total. The van der Waals surface area contributed by atoms with Gasteiger partial charge >= 0.3 is 0 Å². The Hall–Kier alpha value is -2.04. The van der Waals surface area contributed by atoms with Gasteiger partial charge in [-0.1, -0.05) is 37.6 Å². The normalized spacial score (nSPS) is 20.2. The summed E-state index contributed by atoms with van der Waals surface area (Å²) in [6.07, 6.45) is 6.00. The minimum atomic E-state index is -3.63. The predicted octanol–water partition coefficient (Wildman–Crippen LogP) is 6.28. The summed E-state index contributed by atoms with van der Waals surface area (Å²) < 4.78 is 71.5. The van der Waals surface area contributed by atoms with Crippen molar-refractivity contribution in [3.63, 3.8) is 0 Å². The van der Waals surface area contributed by atoms with Gasteiger partial charge in [-0.25, -0.2) is 26.6 Å². The Morgan fingerprint density at radius 3 is 2.54 bits per heavy atom. The summed E-state index contributed by atoms with van der Waals surface area (Å²) in [5, 5.41) is 0.622. The lowest BCUT2D eigenvalue weighted by atomic mass is 10.0. The first kappa shape index (κ1) is 24.6. The van der Waals surface area contributed by atoms with Crippen LogP contribution in [0.4, 0.5) is 13.2 Å². The molecule has 1 saturated carbocycles. The van der Waals surface area contributed by atoms with Crippen LogP contribution in [0.15, 0.2) is 40.4 Å². The van der Waals surface area contributed by atoms with Crippen molar-refractivity contribution in [1.82, 2.24) is 13.9 Å². The van der Waals surface area contributed by atoms with Gasteiger partial charge in [-0.15, -0.1) is 0 Å². The number of benzene rings is 2. The highest BCUT2D eigenvalue weighted by molar-refractivity contribution is 7.98. The van der Waals surface area contributed by atoms with E-state index < -0.39 is 27.5 Å². The lowest BCUT2D eigenvalue weighted by molar-refractivity contribution is 0.281. The molecular weight excluding hydrogens is 495 g/mol. The number of piperidine rings is 1. The maximum Gasteiger partial charge on any atom is 0.243 e. The van der Waals surface area contributed by atoms with Crippen LogP contribution in [0.5, 0.6) is 0 Å². The zero-order valence-corrected chi connectivity index (χ0v) is 21.1. The van der Waals surface area contributed by atoms with E-state index >= 15 is 0 Å². The average Bonchev–Trinajstić information content (AvgIpc) is 3.49. The summed E-state index contributed by atoms with van der Waals surface area (Å²) >= 11 is 1.25. The van der Waals surface area contributed by atoms with Crippen LogP contribution in [-0.2, 0) is 15.8 Å². The third kappa shape index (κ3) is 4.72. The maximum atomic E-state index is 14.2. The summed E-state index contributed by atoms with van der Waals surface area (Å²) in [4.78, 5) is 4.95. The molecule has 2 aromatic carbocycles. The van der Waals surface area contributed by atoms with Gasteiger partial charge < -0.3 is 4.57 Å². The second kappa shape index (κ2) is 9.78. The van der Waals surface area contributed by atoms with E-state index in [-0.39, 0.29) is 22.3 Å². The van der Waals surface area contributed by atoms with Crippen molar-refractivity contribution in [2.24, 2.45) is 5.92 Å². The van der Waals surface area contributed by atoms with E-state index in [1.54, 1.807) is 16.4 Å². The molecule has 1 aromatic heterocycles. The highest BCUT2D eigenvalue weighted by atomic mass is 32.2. The van der Waals surface area contributed by atoms with Gasteiger partial charge in [0.1, 0.15) is 0 Å². The molecule has 0 spiro atoms. The Morgan fingerprint density at radius 2 is 1.80 bits per heavy atom. The van der Waals surface area contributed by atoms with Gasteiger partial charge in [0, 0.05) is 30.4 Å². The Balaban J connectivity index is 1.50. The molecule has 188 valence electrons. The van der Waals surface area contributed by atoms with E-state index in [9.17, 15) is 21.6 Å². The fourth-order valence-corrected chi connectivity index (χ4v) is 7.84. The third-order valence-electron chi connectivity index (χ3n) is 7.05. The van der Waals surface area contributed by atoms with Crippen LogP contribution in [0.1, 0.15) is 57.1 Å². The van der Waals surface area contributed by atoms with E-state index in [1.807, 2.05) is 6.07 Å². The quantitative estimate of drug-likeness (QED) is 0.282. The number of rotatable bonds is 6. The molecule has 0 radical (unpaired) electrons. The second-order valence-corrected chi connectivity index (χ2v) is 12.5. The number of thioether (sulfide) groups is 1. The van der Waals surface area contributed by atoms with E-state index in [0.717, 1.165) is 50.1 Å². The molecule has 2 aliphatic rings. The Bertz CT molecular complexity index is 1350. The second-order valence-electron chi connectivity index (χ2n) is 9.59. The highest BCUT2D eigenvalue weighted by Gasteiger charge is 2.30. The molecule has 1 atom stereocenters. The first-order chi connectivity index (χ1) is 16.8. The molecule has 1 aliphatic carbocycles. The van der Waals surface area contributed by atoms with Crippen molar-refractivity contribution in [2.45, 2.75) is 67.3 Å². The molecular formula is C25H28F3N3O2S2. The Kier molecular flexibility index (Phi) is 6.89. The van der Waals surface area contributed by atoms with Crippen LogP contribution in [0.3, 0.4) is 0 Å². The largest absolute Gasteiger partial charge is 0.316 e. The van der Waals surface area contributed by atoms with Crippen molar-refractivity contribution in [3.8, 4) is 0 Å². The van der Waals surface area contributed by atoms with Gasteiger partial charge in [-0.3, -0.25) is 0 Å². The number of imidazole rings is 1. The topological polar surface area (TPSA) is 55.2 Å². The molecule has 0 bridgehead atoms. The summed E-state index contributed by atoms with van der Waals surface area (Å²) in [5.41, 5.74) is 1.45. The SMILES string of the molecule is CC1CCCN(S(=O)(=O)c2ccc3c(c2)nc(SCc2ccc(F)c(F)c2F)n3C2CCCC2)C1. The highest BCUT2D eigenvalue weighted by Crippen LogP contribution is 2.38. The van der Waals surface area contributed by atoms with Gasteiger partial charge in [0.15, 0.2) is 22.6 Å². The maximum absolute atomic E-state index is 14.2. The zero-order chi connectivity index (χ0) is 24.7. The minimum Gasteiger partial charge on any atom is -0.316 e. The van der Waals surface area contributed by atoms with E-state index in [0.29, 0.717) is 29.7 Å². The van der Waals surface area contributed by atoms with Gasteiger partial charge in [-0.05, 0) is 55.9 Å². The standard InChI is InChI=1S/C25H28F3N3O2S2/c1-16-5-4-12-30(14-16)35(32,33)19-9-11-22-21(13-19)29-25(31(22)18-6-2-3-7-18)34-15-17-8-10-20(26)24(28)23(17)27/h8-11,13,16,18H,2-7,12,14-15H2,1H3. The van der Waals surface area contributed by atoms with Crippen LogP contribution >= 0.6 is 11.8 Å². The number of fused-ring (bicyclic) bond motifs is 1. The summed E-state index contributed by atoms with van der Waals surface area (Å²) in [6.45, 7) is 3.09. The van der Waals surface area contributed by atoms with E-state index in [1.165, 1.54) is 17.8 Å². The van der Waals surface area contributed by atoms with Crippen LogP contribution < -0.4 is 0 Å². The van der Waals surface area contributed by atoms with Crippen molar-refractivity contribution in [1.29, 1.82) is 0 Å². The van der Waals surface area contributed by atoms with Gasteiger partial charge in [0.25, 0.3) is 0 Å². The van der Waals surface area contributed by atoms with Gasteiger partial charge in [-0.2, -0.15) is 4.31 Å². The Morgan fingerprint density at radius 1 is 1.03 bits per heavy atom. The molecule has 0 amide bonds. The van der Waals surface area contributed by atoms with Crippen molar-refractivity contribution in [3.05, 3.63) is 53.3 Å². The molecule has 5 nitrogen and oxygen atoms in total. The number of sulfonamides is 1. The van der Waals surface area contributed by atoms with Crippen LogP contribution in [-0.4, -0.2) is 35.4 Å². The molecule has 1 aliphatic heterocycles. The Labute approximate surface area is 207 Å². The van der Waals surface area contributed by atoms with Crippen molar-refractivity contribution < 1.29 is 21.6 Å². The number of nitrogens with zero attached hydrogens (tertiary/aromatic N) is 3. The van der Waals surface area contributed by atoms with Gasteiger partial charge in [0.2, 0.25) is 10.0 Å². The fraction of sp³-hybridized carbons (Fsp3) is 0.480.